The molecule has 10 nitrogen and oxygen atoms in total. The number of carbonyl (C=O) groups excluding carboxylic acids is 4. The summed E-state index contributed by atoms with van der Waals surface area (Å²) in [7, 11) is 3.96. The second kappa shape index (κ2) is 13.5. The van der Waals surface area contributed by atoms with Crippen molar-refractivity contribution in [3.05, 3.63) is 64.2 Å². The van der Waals surface area contributed by atoms with Crippen LogP contribution in [0.2, 0.25) is 5.02 Å². The molecular formula is C30H39ClN6O4. The molecule has 0 saturated carbocycles. The number of benzene rings is 2. The van der Waals surface area contributed by atoms with Crippen molar-refractivity contribution in [2.45, 2.75) is 57.3 Å². The average Bonchev–Trinajstić information content (AvgIpc) is 2.91. The van der Waals surface area contributed by atoms with Crippen molar-refractivity contribution in [3.63, 3.8) is 0 Å². The number of fused-ring (bicyclic) bond motifs is 1. The van der Waals surface area contributed by atoms with Crippen LogP contribution >= 0.6 is 11.6 Å². The second-order valence-corrected chi connectivity index (χ2v) is 11.4. The van der Waals surface area contributed by atoms with E-state index in [0.717, 1.165) is 16.7 Å². The van der Waals surface area contributed by atoms with Gasteiger partial charge in [0.15, 0.2) is 0 Å². The van der Waals surface area contributed by atoms with E-state index >= 15 is 0 Å². The number of aryl methyl sites for hydroxylation is 1. The predicted molar refractivity (Wildman–Crippen MR) is 158 cm³/mol. The Morgan fingerprint density at radius 2 is 1.73 bits per heavy atom. The van der Waals surface area contributed by atoms with Gasteiger partial charge in [-0.3, -0.25) is 19.2 Å². The number of likely N-dealkylation sites (tertiary alicyclic amines) is 1. The topological polar surface area (TPSA) is 128 Å². The number of likely N-dealkylation sites (N-methyl/N-ethyl adjacent to an activating group) is 1. The van der Waals surface area contributed by atoms with Crippen LogP contribution in [-0.2, 0) is 32.1 Å². The van der Waals surface area contributed by atoms with E-state index in [1.165, 1.54) is 4.90 Å². The van der Waals surface area contributed by atoms with Gasteiger partial charge >= 0.3 is 0 Å². The molecule has 0 aliphatic carbocycles. The average molecular weight is 583 g/mol. The Morgan fingerprint density at radius 3 is 2.39 bits per heavy atom. The molecule has 1 saturated heterocycles. The summed E-state index contributed by atoms with van der Waals surface area (Å²) in [5.41, 5.74) is 9.08. The number of nitrogens with two attached hydrogens (primary N) is 1. The maximum absolute atomic E-state index is 13.6. The number of amides is 4. The summed E-state index contributed by atoms with van der Waals surface area (Å²) < 4.78 is 0. The zero-order valence-corrected chi connectivity index (χ0v) is 24.6. The standard InChI is InChI=1S/C30H39ClN6O4/c1-19-14-22(8-9-24(19)31)33-29(40)25(12-13-32)34-30(41)26-15-20-6-4-5-7-21(20)16-37(26)28(39)11-10-27(38)36-17-23(18-36)35(2)3/h4-9,14,23,25-26H,10-13,15-18,32H2,1-3H3,(H,33,40)(H,34,41)/t25-,26-/m0/s1. The number of nitrogens with zero attached hydrogens (tertiary/aromatic N) is 3. The summed E-state index contributed by atoms with van der Waals surface area (Å²) in [5, 5.41) is 6.24. The number of hydrogen-bond donors (Lipinski definition) is 3. The van der Waals surface area contributed by atoms with Crippen molar-refractivity contribution >= 4 is 40.9 Å². The molecule has 4 N–H and O–H groups in total. The molecule has 2 aliphatic rings. The molecule has 1 fully saturated rings. The van der Waals surface area contributed by atoms with Crippen LogP contribution in [0, 0.1) is 6.92 Å². The Labute approximate surface area is 246 Å². The maximum atomic E-state index is 13.6. The van der Waals surface area contributed by atoms with E-state index in [1.54, 1.807) is 23.1 Å². The molecule has 0 unspecified atom stereocenters. The van der Waals surface area contributed by atoms with Crippen LogP contribution in [0.4, 0.5) is 5.69 Å². The van der Waals surface area contributed by atoms with Gasteiger partial charge in [-0.15, -0.1) is 0 Å². The summed E-state index contributed by atoms with van der Waals surface area (Å²) in [6.45, 7) is 3.58. The van der Waals surface area contributed by atoms with Gasteiger partial charge in [-0.25, -0.2) is 0 Å². The Bertz CT molecular complexity index is 1300. The van der Waals surface area contributed by atoms with Crippen LogP contribution in [0.3, 0.4) is 0 Å². The Balaban J connectivity index is 1.44. The number of nitrogens with one attached hydrogen (secondary N) is 2. The van der Waals surface area contributed by atoms with E-state index in [2.05, 4.69) is 15.5 Å². The number of rotatable bonds is 10. The monoisotopic (exact) mass is 582 g/mol. The first-order valence-electron chi connectivity index (χ1n) is 13.9. The minimum absolute atomic E-state index is 0.0105. The third kappa shape index (κ3) is 7.44. The van der Waals surface area contributed by atoms with Gasteiger partial charge in [-0.2, -0.15) is 0 Å². The minimum atomic E-state index is -0.893. The third-order valence-electron chi connectivity index (χ3n) is 7.88. The Hall–Kier alpha value is -3.47. The van der Waals surface area contributed by atoms with Gasteiger partial charge in [-0.1, -0.05) is 35.9 Å². The molecule has 0 bridgehead atoms. The highest BCUT2D eigenvalue weighted by molar-refractivity contribution is 6.31. The van der Waals surface area contributed by atoms with Crippen molar-refractivity contribution in [2.24, 2.45) is 5.73 Å². The molecule has 4 amide bonds. The molecule has 0 aromatic heterocycles. The van der Waals surface area contributed by atoms with Gasteiger partial charge < -0.3 is 31.1 Å². The summed E-state index contributed by atoms with van der Waals surface area (Å²) >= 11 is 6.10. The highest BCUT2D eigenvalue weighted by Gasteiger charge is 2.37. The van der Waals surface area contributed by atoms with Crippen molar-refractivity contribution in [2.75, 3.05) is 39.0 Å². The van der Waals surface area contributed by atoms with Gasteiger partial charge in [0.1, 0.15) is 12.1 Å². The molecule has 41 heavy (non-hydrogen) atoms. The Morgan fingerprint density at radius 1 is 1.05 bits per heavy atom. The first-order valence-corrected chi connectivity index (χ1v) is 14.3. The molecule has 220 valence electrons. The van der Waals surface area contributed by atoms with E-state index in [1.807, 2.05) is 45.3 Å². The van der Waals surface area contributed by atoms with E-state index in [4.69, 9.17) is 17.3 Å². The number of halogens is 1. The molecule has 2 aromatic carbocycles. The summed E-state index contributed by atoms with van der Waals surface area (Å²) in [4.78, 5) is 58.2. The molecular weight excluding hydrogens is 544 g/mol. The fraction of sp³-hybridized carbons (Fsp3) is 0.467. The molecule has 2 atom stereocenters. The number of carbonyl (C=O) groups is 4. The SMILES string of the molecule is Cc1cc(NC(=O)[C@H](CCN)NC(=O)[C@@H]2Cc3ccccc3CN2C(=O)CCC(=O)N2CC(N(C)C)C2)ccc1Cl. The largest absolute Gasteiger partial charge is 0.342 e. The zero-order chi connectivity index (χ0) is 29.7. The lowest BCUT2D eigenvalue weighted by molar-refractivity contribution is -0.145. The molecule has 11 heteroatoms. The molecule has 0 radical (unpaired) electrons. The lowest BCUT2D eigenvalue weighted by Gasteiger charge is -2.43. The van der Waals surface area contributed by atoms with Crippen molar-refractivity contribution < 1.29 is 19.2 Å². The Kier molecular flexibility index (Phi) is 10.0. The van der Waals surface area contributed by atoms with Crippen LogP contribution in [0.25, 0.3) is 0 Å². The summed E-state index contributed by atoms with van der Waals surface area (Å²) in [6.07, 6.45) is 0.631. The summed E-state index contributed by atoms with van der Waals surface area (Å²) in [6, 6.07) is 11.4. The van der Waals surface area contributed by atoms with Crippen molar-refractivity contribution in [1.82, 2.24) is 20.0 Å². The van der Waals surface area contributed by atoms with Gasteiger partial charge in [-0.05, 0) is 68.9 Å². The first-order chi connectivity index (χ1) is 19.6. The van der Waals surface area contributed by atoms with Crippen molar-refractivity contribution in [1.29, 1.82) is 0 Å². The highest BCUT2D eigenvalue weighted by atomic mass is 35.5. The van der Waals surface area contributed by atoms with E-state index in [0.29, 0.717) is 36.3 Å². The number of hydrogen-bond acceptors (Lipinski definition) is 6. The van der Waals surface area contributed by atoms with Crippen LogP contribution < -0.4 is 16.4 Å². The molecule has 2 aliphatic heterocycles. The lowest BCUT2D eigenvalue weighted by atomic mass is 9.92. The smallest absolute Gasteiger partial charge is 0.246 e. The van der Waals surface area contributed by atoms with E-state index in [-0.39, 0.29) is 44.2 Å². The van der Waals surface area contributed by atoms with Gasteiger partial charge in [0.2, 0.25) is 23.6 Å². The minimum Gasteiger partial charge on any atom is -0.342 e. The third-order valence-corrected chi connectivity index (χ3v) is 8.31. The zero-order valence-electron chi connectivity index (χ0n) is 23.9. The number of anilines is 1. The molecule has 2 aromatic rings. The fourth-order valence-corrected chi connectivity index (χ4v) is 5.29. The normalized spacial score (nSPS) is 17.5. The second-order valence-electron chi connectivity index (χ2n) is 11.0. The van der Waals surface area contributed by atoms with Crippen molar-refractivity contribution in [3.8, 4) is 0 Å². The quantitative estimate of drug-likeness (QED) is 0.393. The molecule has 4 rings (SSSR count). The fourth-order valence-electron chi connectivity index (χ4n) is 5.18. The van der Waals surface area contributed by atoms with Crippen LogP contribution in [-0.4, -0.2) is 90.2 Å². The van der Waals surface area contributed by atoms with Gasteiger partial charge in [0.25, 0.3) is 0 Å². The first kappa shape index (κ1) is 30.5. The van der Waals surface area contributed by atoms with Crippen LogP contribution in [0.15, 0.2) is 42.5 Å². The molecule has 2 heterocycles. The lowest BCUT2D eigenvalue weighted by Crippen LogP contribution is -2.59. The highest BCUT2D eigenvalue weighted by Crippen LogP contribution is 2.25. The van der Waals surface area contributed by atoms with E-state index < -0.39 is 23.9 Å². The predicted octanol–water partition coefficient (Wildman–Crippen LogP) is 1.93. The van der Waals surface area contributed by atoms with E-state index in [9.17, 15) is 19.2 Å². The maximum Gasteiger partial charge on any atom is 0.246 e. The van der Waals surface area contributed by atoms with Gasteiger partial charge in [0.05, 0.1) is 0 Å². The van der Waals surface area contributed by atoms with Crippen LogP contribution in [0.1, 0.15) is 36.0 Å². The van der Waals surface area contributed by atoms with Crippen LogP contribution in [0.5, 0.6) is 0 Å². The van der Waals surface area contributed by atoms with Gasteiger partial charge in [0, 0.05) is 55.6 Å². The summed E-state index contributed by atoms with van der Waals surface area (Å²) in [5.74, 6) is -1.17. The molecule has 0 spiro atoms.